The predicted molar refractivity (Wildman–Crippen MR) is 131 cm³/mol. The van der Waals surface area contributed by atoms with Crippen LogP contribution in [0, 0.1) is 13.8 Å². The lowest BCUT2D eigenvalue weighted by atomic mass is 10.1. The molecule has 1 heterocycles. The van der Waals surface area contributed by atoms with Gasteiger partial charge in [0.1, 0.15) is 5.75 Å². The number of thiazole rings is 1. The average molecular weight is 458 g/mol. The van der Waals surface area contributed by atoms with Gasteiger partial charge in [0, 0.05) is 10.9 Å². The summed E-state index contributed by atoms with van der Waals surface area (Å²) in [6.45, 7) is 3.72. The molecule has 0 aliphatic rings. The molecule has 6 nitrogen and oxygen atoms in total. The molecule has 4 rings (SSSR count). The summed E-state index contributed by atoms with van der Waals surface area (Å²) in [6.07, 6.45) is 0. The Morgan fingerprint density at radius 2 is 1.73 bits per heavy atom. The largest absolute Gasteiger partial charge is 0.483 e. The van der Waals surface area contributed by atoms with Crippen molar-refractivity contribution in [3.8, 4) is 17.0 Å². The normalized spacial score (nSPS) is 10.6. The van der Waals surface area contributed by atoms with Crippen LogP contribution in [0.2, 0.25) is 0 Å². The molecule has 2 N–H and O–H groups in total. The molecule has 33 heavy (non-hydrogen) atoms. The Hall–Kier alpha value is -3.97. The zero-order valence-corrected chi connectivity index (χ0v) is 19.1. The summed E-state index contributed by atoms with van der Waals surface area (Å²) in [5.41, 5.74) is 10.3. The van der Waals surface area contributed by atoms with Crippen LogP contribution in [0.25, 0.3) is 11.3 Å². The van der Waals surface area contributed by atoms with Gasteiger partial charge in [0.2, 0.25) is 0 Å². The minimum atomic E-state index is -0.615. The molecule has 0 aliphatic heterocycles. The molecule has 166 valence electrons. The van der Waals surface area contributed by atoms with E-state index in [0.29, 0.717) is 10.8 Å². The number of ether oxygens (including phenoxy) is 1. The SMILES string of the molecule is Cc1ccc(-c2csc(N(C(=O)COc3ccccc3C(N)=O)c3cccc(C)c3)n2)cc1. The smallest absolute Gasteiger partial charge is 0.271 e. The van der Waals surface area contributed by atoms with Gasteiger partial charge in [-0.15, -0.1) is 11.3 Å². The van der Waals surface area contributed by atoms with Crippen molar-refractivity contribution in [1.82, 2.24) is 4.98 Å². The first-order valence-corrected chi connectivity index (χ1v) is 11.2. The molecule has 0 saturated carbocycles. The molecule has 0 unspecified atom stereocenters. The quantitative estimate of drug-likeness (QED) is 0.410. The number of hydrogen-bond acceptors (Lipinski definition) is 5. The van der Waals surface area contributed by atoms with Crippen LogP contribution < -0.4 is 15.4 Å². The van der Waals surface area contributed by atoms with Crippen molar-refractivity contribution < 1.29 is 14.3 Å². The van der Waals surface area contributed by atoms with E-state index in [4.69, 9.17) is 15.5 Å². The number of anilines is 2. The molecule has 2 amide bonds. The summed E-state index contributed by atoms with van der Waals surface area (Å²) in [7, 11) is 0. The summed E-state index contributed by atoms with van der Waals surface area (Å²) in [6, 6.07) is 22.3. The van der Waals surface area contributed by atoms with Crippen molar-refractivity contribution in [3.05, 3.63) is 94.9 Å². The highest BCUT2D eigenvalue weighted by atomic mass is 32.1. The predicted octanol–water partition coefficient (Wildman–Crippen LogP) is 5.27. The Morgan fingerprint density at radius 3 is 2.45 bits per heavy atom. The Bertz CT molecular complexity index is 1300. The Balaban J connectivity index is 1.64. The number of nitrogens with two attached hydrogens (primary N) is 1. The monoisotopic (exact) mass is 457 g/mol. The van der Waals surface area contributed by atoms with Crippen molar-refractivity contribution >= 4 is 34.0 Å². The number of benzene rings is 3. The molecule has 0 fully saturated rings. The number of para-hydroxylation sites is 1. The van der Waals surface area contributed by atoms with Crippen LogP contribution in [0.4, 0.5) is 10.8 Å². The molecule has 1 aromatic heterocycles. The second kappa shape index (κ2) is 9.67. The number of carbonyl (C=O) groups is 2. The molecule has 4 aromatic rings. The fraction of sp³-hybridized carbons (Fsp3) is 0.115. The van der Waals surface area contributed by atoms with Gasteiger partial charge < -0.3 is 10.5 Å². The Morgan fingerprint density at radius 1 is 0.970 bits per heavy atom. The van der Waals surface area contributed by atoms with Crippen LogP contribution in [0.5, 0.6) is 5.75 Å². The van der Waals surface area contributed by atoms with Crippen LogP contribution in [-0.2, 0) is 4.79 Å². The van der Waals surface area contributed by atoms with Crippen molar-refractivity contribution in [1.29, 1.82) is 0 Å². The van der Waals surface area contributed by atoms with Crippen molar-refractivity contribution in [2.75, 3.05) is 11.5 Å². The first-order valence-electron chi connectivity index (χ1n) is 10.4. The molecule has 0 radical (unpaired) electrons. The van der Waals surface area contributed by atoms with Gasteiger partial charge >= 0.3 is 0 Å². The van der Waals surface area contributed by atoms with E-state index in [-0.39, 0.29) is 23.8 Å². The van der Waals surface area contributed by atoms with E-state index >= 15 is 0 Å². The standard InChI is InChI=1S/C26H23N3O3S/c1-17-10-12-19(13-11-17)22-16-33-26(28-22)29(20-7-5-6-18(2)14-20)24(30)15-32-23-9-4-3-8-21(23)25(27)31/h3-14,16H,15H2,1-2H3,(H2,27,31). The number of amides is 2. The minimum Gasteiger partial charge on any atom is -0.483 e. The van der Waals surface area contributed by atoms with Crippen LogP contribution >= 0.6 is 11.3 Å². The van der Waals surface area contributed by atoms with Crippen molar-refractivity contribution in [2.45, 2.75) is 13.8 Å². The maximum absolute atomic E-state index is 13.4. The summed E-state index contributed by atoms with van der Waals surface area (Å²) in [5.74, 6) is -0.664. The number of aromatic nitrogens is 1. The first-order chi connectivity index (χ1) is 15.9. The average Bonchev–Trinajstić information content (AvgIpc) is 3.28. The fourth-order valence-corrected chi connectivity index (χ4v) is 4.22. The Kier molecular flexibility index (Phi) is 6.51. The molecule has 0 saturated heterocycles. The third kappa shape index (κ3) is 5.10. The van der Waals surface area contributed by atoms with E-state index in [1.807, 2.05) is 67.8 Å². The van der Waals surface area contributed by atoms with Gasteiger partial charge in [-0.1, -0.05) is 54.1 Å². The number of rotatable bonds is 7. The van der Waals surface area contributed by atoms with Crippen molar-refractivity contribution in [2.24, 2.45) is 5.73 Å². The summed E-state index contributed by atoms with van der Waals surface area (Å²) in [5, 5.41) is 2.47. The van der Waals surface area contributed by atoms with Crippen LogP contribution in [0.1, 0.15) is 21.5 Å². The Labute approximate surface area is 196 Å². The fourth-order valence-electron chi connectivity index (χ4n) is 3.35. The van der Waals surface area contributed by atoms with E-state index in [0.717, 1.165) is 16.8 Å². The summed E-state index contributed by atoms with van der Waals surface area (Å²) >= 11 is 1.38. The van der Waals surface area contributed by atoms with E-state index in [1.165, 1.54) is 16.9 Å². The lowest BCUT2D eigenvalue weighted by Gasteiger charge is -2.21. The molecule has 7 heteroatoms. The highest BCUT2D eigenvalue weighted by Crippen LogP contribution is 2.33. The maximum Gasteiger partial charge on any atom is 0.271 e. The third-order valence-corrected chi connectivity index (χ3v) is 5.87. The minimum absolute atomic E-state index is 0.225. The van der Waals surface area contributed by atoms with Gasteiger partial charge in [0.15, 0.2) is 11.7 Å². The number of nitrogens with zero attached hydrogens (tertiary/aromatic N) is 2. The highest BCUT2D eigenvalue weighted by molar-refractivity contribution is 7.14. The van der Waals surface area contributed by atoms with E-state index in [1.54, 1.807) is 29.2 Å². The van der Waals surface area contributed by atoms with Gasteiger partial charge in [-0.2, -0.15) is 0 Å². The van der Waals surface area contributed by atoms with E-state index in [2.05, 4.69) is 0 Å². The van der Waals surface area contributed by atoms with Gasteiger partial charge in [-0.25, -0.2) is 4.98 Å². The van der Waals surface area contributed by atoms with Crippen LogP contribution in [0.3, 0.4) is 0 Å². The molecular weight excluding hydrogens is 434 g/mol. The number of aryl methyl sites for hydroxylation is 2. The first kappa shape index (κ1) is 22.2. The number of hydrogen-bond donors (Lipinski definition) is 1. The molecule has 0 aliphatic carbocycles. The molecular formula is C26H23N3O3S. The lowest BCUT2D eigenvalue weighted by molar-refractivity contribution is -0.119. The molecule has 0 bridgehead atoms. The van der Waals surface area contributed by atoms with E-state index in [9.17, 15) is 9.59 Å². The zero-order valence-electron chi connectivity index (χ0n) is 18.3. The lowest BCUT2D eigenvalue weighted by Crippen LogP contribution is -2.31. The molecule has 0 spiro atoms. The van der Waals surface area contributed by atoms with Crippen LogP contribution in [0.15, 0.2) is 78.2 Å². The molecule has 3 aromatic carbocycles. The highest BCUT2D eigenvalue weighted by Gasteiger charge is 2.23. The molecule has 0 atom stereocenters. The van der Waals surface area contributed by atoms with Gasteiger partial charge in [-0.05, 0) is 43.7 Å². The maximum atomic E-state index is 13.4. The van der Waals surface area contributed by atoms with Gasteiger partial charge in [0.25, 0.3) is 11.8 Å². The summed E-state index contributed by atoms with van der Waals surface area (Å²) < 4.78 is 5.70. The van der Waals surface area contributed by atoms with Gasteiger partial charge in [-0.3, -0.25) is 14.5 Å². The number of primary amides is 1. The zero-order chi connectivity index (χ0) is 23.4. The van der Waals surface area contributed by atoms with Crippen LogP contribution in [-0.4, -0.2) is 23.4 Å². The van der Waals surface area contributed by atoms with E-state index < -0.39 is 5.91 Å². The number of carbonyl (C=O) groups excluding carboxylic acids is 2. The van der Waals surface area contributed by atoms with Crippen molar-refractivity contribution in [3.63, 3.8) is 0 Å². The second-order valence-corrected chi connectivity index (χ2v) is 8.44. The second-order valence-electron chi connectivity index (χ2n) is 7.60. The third-order valence-electron chi connectivity index (χ3n) is 5.04. The van der Waals surface area contributed by atoms with Gasteiger partial charge in [0.05, 0.1) is 16.9 Å². The topological polar surface area (TPSA) is 85.5 Å². The summed E-state index contributed by atoms with van der Waals surface area (Å²) in [4.78, 5) is 31.3.